The minimum atomic E-state index is -0.779. The van der Waals surface area contributed by atoms with Crippen molar-refractivity contribution in [3.8, 4) is 0 Å². The summed E-state index contributed by atoms with van der Waals surface area (Å²) >= 11 is 11.7. The topological polar surface area (TPSA) is 116 Å². The minimum Gasteiger partial charge on any atom is -0.353 e. The van der Waals surface area contributed by atoms with Gasteiger partial charge in [-0.15, -0.1) is 0 Å². The molecule has 1 unspecified atom stereocenters. The van der Waals surface area contributed by atoms with E-state index in [1.165, 1.54) is 12.1 Å². The number of H-pyrrole nitrogens is 1. The molecule has 0 bridgehead atoms. The van der Waals surface area contributed by atoms with E-state index in [0.29, 0.717) is 16.0 Å². The van der Waals surface area contributed by atoms with Gasteiger partial charge in [0.25, 0.3) is 11.8 Å². The lowest BCUT2D eigenvalue weighted by Crippen LogP contribution is -2.46. The lowest BCUT2D eigenvalue weighted by Gasteiger charge is -2.14. The summed E-state index contributed by atoms with van der Waals surface area (Å²) in [6, 6.07) is 11.0. The number of benzene rings is 2. The van der Waals surface area contributed by atoms with Crippen LogP contribution in [0, 0.1) is 0 Å². The summed E-state index contributed by atoms with van der Waals surface area (Å²) in [5.74, 6) is -1.18. The fraction of sp³-hybridized carbons (Fsp3) is 0.200. The summed E-state index contributed by atoms with van der Waals surface area (Å²) in [5.41, 5.74) is 1.32. The van der Waals surface area contributed by atoms with Gasteiger partial charge in [-0.05, 0) is 31.2 Å². The monoisotopic (exact) mass is 447 g/mol. The average molecular weight is 448 g/mol. The maximum atomic E-state index is 12.4. The van der Waals surface area contributed by atoms with E-state index in [2.05, 4.69) is 26.1 Å². The number of aromatic amines is 1. The quantitative estimate of drug-likeness (QED) is 0.416. The molecule has 0 aliphatic heterocycles. The van der Waals surface area contributed by atoms with Gasteiger partial charge in [-0.25, -0.2) is 0 Å². The first kappa shape index (κ1) is 21.6. The van der Waals surface area contributed by atoms with E-state index in [4.69, 9.17) is 23.2 Å². The van der Waals surface area contributed by atoms with Gasteiger partial charge < -0.3 is 16.0 Å². The summed E-state index contributed by atoms with van der Waals surface area (Å²) < 4.78 is 0. The maximum absolute atomic E-state index is 12.4. The summed E-state index contributed by atoms with van der Waals surface area (Å²) in [7, 11) is 0. The first-order valence-electron chi connectivity index (χ1n) is 9.11. The van der Waals surface area contributed by atoms with Gasteiger partial charge in [0.05, 0.1) is 15.6 Å². The molecule has 0 aliphatic rings. The van der Waals surface area contributed by atoms with Crippen molar-refractivity contribution in [3.05, 3.63) is 63.8 Å². The zero-order valence-corrected chi connectivity index (χ0v) is 17.5. The molecule has 0 fully saturated rings. The standard InChI is InChI=1S/C20H19Cl2N5O3/c1-11(25-20(30)17-13-4-2-3-5-16(13)26-27-17)18(28)23-8-9-24-19(29)12-6-7-14(21)15(22)10-12/h2-7,10-11H,8-9H2,1H3,(H,23,28)(H,24,29)(H,25,30)(H,26,27). The van der Waals surface area contributed by atoms with Gasteiger partial charge in [0.15, 0.2) is 5.69 Å². The van der Waals surface area contributed by atoms with E-state index in [9.17, 15) is 14.4 Å². The second-order valence-electron chi connectivity index (χ2n) is 6.49. The van der Waals surface area contributed by atoms with Crippen LogP contribution in [0.25, 0.3) is 10.9 Å². The molecule has 0 aliphatic carbocycles. The van der Waals surface area contributed by atoms with Crippen LogP contribution in [0.3, 0.4) is 0 Å². The maximum Gasteiger partial charge on any atom is 0.273 e. The van der Waals surface area contributed by atoms with Crippen molar-refractivity contribution < 1.29 is 14.4 Å². The fourth-order valence-corrected chi connectivity index (χ4v) is 3.02. The third-order valence-corrected chi connectivity index (χ3v) is 5.06. The molecule has 2 aromatic carbocycles. The van der Waals surface area contributed by atoms with E-state index in [-0.39, 0.29) is 35.6 Å². The molecule has 4 N–H and O–H groups in total. The number of hydrogen-bond acceptors (Lipinski definition) is 4. The first-order chi connectivity index (χ1) is 14.4. The Morgan fingerprint density at radius 2 is 1.73 bits per heavy atom. The van der Waals surface area contributed by atoms with Crippen LogP contribution in [-0.4, -0.2) is 47.1 Å². The highest BCUT2D eigenvalue weighted by molar-refractivity contribution is 6.42. The number of aromatic nitrogens is 2. The summed E-state index contributed by atoms with van der Waals surface area (Å²) in [4.78, 5) is 36.7. The zero-order valence-electron chi connectivity index (χ0n) is 16.0. The van der Waals surface area contributed by atoms with Crippen LogP contribution in [0.4, 0.5) is 0 Å². The van der Waals surface area contributed by atoms with Crippen molar-refractivity contribution in [2.45, 2.75) is 13.0 Å². The Morgan fingerprint density at radius 3 is 2.50 bits per heavy atom. The highest BCUT2D eigenvalue weighted by atomic mass is 35.5. The van der Waals surface area contributed by atoms with Gasteiger partial charge in [-0.1, -0.05) is 41.4 Å². The number of halogens is 2. The molecule has 3 rings (SSSR count). The summed E-state index contributed by atoms with van der Waals surface area (Å²) in [5, 5.41) is 16.0. The van der Waals surface area contributed by atoms with Crippen molar-refractivity contribution >= 4 is 51.8 Å². The van der Waals surface area contributed by atoms with E-state index < -0.39 is 11.9 Å². The number of para-hydroxylation sites is 1. The number of nitrogens with one attached hydrogen (secondary N) is 4. The number of carbonyl (C=O) groups excluding carboxylic acids is 3. The van der Waals surface area contributed by atoms with Crippen LogP contribution in [0.5, 0.6) is 0 Å². The molecule has 30 heavy (non-hydrogen) atoms. The molecule has 1 heterocycles. The number of carbonyl (C=O) groups is 3. The smallest absolute Gasteiger partial charge is 0.273 e. The number of fused-ring (bicyclic) bond motifs is 1. The third-order valence-electron chi connectivity index (χ3n) is 4.32. The van der Waals surface area contributed by atoms with Gasteiger partial charge in [0, 0.05) is 24.0 Å². The molecular weight excluding hydrogens is 429 g/mol. The molecule has 156 valence electrons. The molecule has 3 amide bonds. The molecule has 0 saturated carbocycles. The van der Waals surface area contributed by atoms with E-state index in [0.717, 1.165) is 5.52 Å². The number of rotatable bonds is 7. The van der Waals surface area contributed by atoms with Crippen molar-refractivity contribution in [1.29, 1.82) is 0 Å². The Kier molecular flexibility index (Phi) is 6.91. The number of hydrogen-bond donors (Lipinski definition) is 4. The van der Waals surface area contributed by atoms with Crippen molar-refractivity contribution in [3.63, 3.8) is 0 Å². The van der Waals surface area contributed by atoms with Crippen molar-refractivity contribution in [1.82, 2.24) is 26.1 Å². The lowest BCUT2D eigenvalue weighted by molar-refractivity contribution is -0.122. The molecule has 0 saturated heterocycles. The van der Waals surface area contributed by atoms with Crippen LogP contribution in [0.1, 0.15) is 27.8 Å². The van der Waals surface area contributed by atoms with Gasteiger partial charge >= 0.3 is 0 Å². The first-order valence-corrected chi connectivity index (χ1v) is 9.87. The second kappa shape index (κ2) is 9.60. The van der Waals surface area contributed by atoms with E-state index in [1.807, 2.05) is 12.1 Å². The van der Waals surface area contributed by atoms with Crippen LogP contribution in [0.15, 0.2) is 42.5 Å². The Labute approximate surface area is 182 Å². The van der Waals surface area contributed by atoms with E-state index >= 15 is 0 Å². The molecule has 10 heteroatoms. The van der Waals surface area contributed by atoms with Crippen LogP contribution >= 0.6 is 23.2 Å². The van der Waals surface area contributed by atoms with Crippen LogP contribution in [0.2, 0.25) is 10.0 Å². The number of nitrogens with zero attached hydrogens (tertiary/aromatic N) is 1. The Bertz CT molecular complexity index is 1100. The second-order valence-corrected chi connectivity index (χ2v) is 7.30. The Hall–Kier alpha value is -3.10. The highest BCUT2D eigenvalue weighted by Crippen LogP contribution is 2.22. The molecular formula is C20H19Cl2N5O3. The zero-order chi connectivity index (χ0) is 21.7. The molecule has 3 aromatic rings. The van der Waals surface area contributed by atoms with Crippen LogP contribution in [-0.2, 0) is 4.79 Å². The minimum absolute atomic E-state index is 0.192. The number of amides is 3. The molecule has 1 atom stereocenters. The van der Waals surface area contributed by atoms with Gasteiger partial charge in [-0.3, -0.25) is 19.5 Å². The summed E-state index contributed by atoms with van der Waals surface area (Å²) in [6.07, 6.45) is 0. The fourth-order valence-electron chi connectivity index (χ4n) is 2.72. The highest BCUT2D eigenvalue weighted by Gasteiger charge is 2.19. The largest absolute Gasteiger partial charge is 0.353 e. The normalized spacial score (nSPS) is 11.7. The van der Waals surface area contributed by atoms with Gasteiger partial charge in [-0.2, -0.15) is 5.10 Å². The average Bonchev–Trinajstić information content (AvgIpc) is 3.17. The molecule has 1 aromatic heterocycles. The molecule has 0 spiro atoms. The predicted molar refractivity (Wildman–Crippen MR) is 115 cm³/mol. The van der Waals surface area contributed by atoms with Gasteiger partial charge in [0.1, 0.15) is 6.04 Å². The molecule has 0 radical (unpaired) electrons. The summed E-state index contributed by atoms with van der Waals surface area (Å²) in [6.45, 7) is 1.96. The van der Waals surface area contributed by atoms with Crippen LogP contribution < -0.4 is 16.0 Å². The SMILES string of the molecule is CC(NC(=O)c1n[nH]c2ccccc12)C(=O)NCCNC(=O)c1ccc(Cl)c(Cl)c1. The Morgan fingerprint density at radius 1 is 1.00 bits per heavy atom. The lowest BCUT2D eigenvalue weighted by atomic mass is 10.2. The third kappa shape index (κ3) is 5.08. The molecule has 8 nitrogen and oxygen atoms in total. The van der Waals surface area contributed by atoms with E-state index in [1.54, 1.807) is 25.1 Å². The Balaban J connectivity index is 1.44. The predicted octanol–water partition coefficient (Wildman–Crippen LogP) is 2.53. The van der Waals surface area contributed by atoms with Crippen molar-refractivity contribution in [2.24, 2.45) is 0 Å². The van der Waals surface area contributed by atoms with Gasteiger partial charge in [0.2, 0.25) is 5.91 Å². The van der Waals surface area contributed by atoms with Crippen molar-refractivity contribution in [2.75, 3.05) is 13.1 Å².